The van der Waals surface area contributed by atoms with Gasteiger partial charge in [-0.25, -0.2) is 0 Å². The highest BCUT2D eigenvalue weighted by Crippen LogP contribution is 2.41. The van der Waals surface area contributed by atoms with Crippen LogP contribution in [0.5, 0.6) is 0 Å². The standard InChI is InChI=1S/C17H23N3/c1-2-17(8-3-4-9-17)12-20-15-7-10-19-16-11-13(18)5-6-14(15)16/h5-7,10-11H,2-4,8-9,12,18H2,1H3,(H,19,20). The summed E-state index contributed by atoms with van der Waals surface area (Å²) < 4.78 is 0. The molecule has 1 aliphatic rings. The van der Waals surface area contributed by atoms with Gasteiger partial charge in [-0.2, -0.15) is 0 Å². The fourth-order valence-electron chi connectivity index (χ4n) is 3.38. The molecule has 1 aromatic carbocycles. The van der Waals surface area contributed by atoms with Crippen molar-refractivity contribution in [1.82, 2.24) is 4.98 Å². The molecule has 1 aromatic heterocycles. The molecule has 0 bridgehead atoms. The molecular weight excluding hydrogens is 246 g/mol. The van der Waals surface area contributed by atoms with E-state index < -0.39 is 0 Å². The summed E-state index contributed by atoms with van der Waals surface area (Å²) in [5.41, 5.74) is 9.23. The molecule has 0 radical (unpaired) electrons. The van der Waals surface area contributed by atoms with E-state index in [1.807, 2.05) is 18.3 Å². The Labute approximate surface area is 120 Å². The van der Waals surface area contributed by atoms with Crippen LogP contribution in [-0.4, -0.2) is 11.5 Å². The van der Waals surface area contributed by atoms with Crippen molar-refractivity contribution < 1.29 is 0 Å². The lowest BCUT2D eigenvalue weighted by atomic mass is 9.83. The number of nitrogens with one attached hydrogen (secondary N) is 1. The van der Waals surface area contributed by atoms with Crippen LogP contribution in [0.25, 0.3) is 10.9 Å². The van der Waals surface area contributed by atoms with Gasteiger partial charge in [0, 0.05) is 29.5 Å². The van der Waals surface area contributed by atoms with Crippen molar-refractivity contribution in [2.45, 2.75) is 39.0 Å². The predicted molar refractivity (Wildman–Crippen MR) is 85.8 cm³/mol. The Morgan fingerprint density at radius 2 is 2.05 bits per heavy atom. The summed E-state index contributed by atoms with van der Waals surface area (Å²) in [5, 5.41) is 4.82. The van der Waals surface area contributed by atoms with Crippen molar-refractivity contribution in [3.8, 4) is 0 Å². The van der Waals surface area contributed by atoms with E-state index in [0.29, 0.717) is 5.41 Å². The van der Waals surface area contributed by atoms with Crippen LogP contribution in [0.1, 0.15) is 39.0 Å². The maximum absolute atomic E-state index is 5.83. The number of pyridine rings is 1. The molecule has 0 unspecified atom stereocenters. The van der Waals surface area contributed by atoms with Crippen LogP contribution in [0.2, 0.25) is 0 Å². The van der Waals surface area contributed by atoms with Crippen molar-refractivity contribution in [2.75, 3.05) is 17.6 Å². The molecule has 1 heterocycles. The maximum atomic E-state index is 5.83. The van der Waals surface area contributed by atoms with E-state index in [2.05, 4.69) is 29.4 Å². The molecule has 3 nitrogen and oxygen atoms in total. The summed E-state index contributed by atoms with van der Waals surface area (Å²) in [6, 6.07) is 8.01. The van der Waals surface area contributed by atoms with Gasteiger partial charge in [-0.15, -0.1) is 0 Å². The highest BCUT2D eigenvalue weighted by Gasteiger charge is 2.31. The third kappa shape index (κ3) is 2.45. The van der Waals surface area contributed by atoms with Crippen LogP contribution >= 0.6 is 0 Å². The topological polar surface area (TPSA) is 50.9 Å². The van der Waals surface area contributed by atoms with E-state index in [-0.39, 0.29) is 0 Å². The Morgan fingerprint density at radius 3 is 2.80 bits per heavy atom. The van der Waals surface area contributed by atoms with E-state index in [0.717, 1.165) is 23.1 Å². The van der Waals surface area contributed by atoms with E-state index in [4.69, 9.17) is 5.73 Å². The zero-order chi connectivity index (χ0) is 14.0. The Bertz CT molecular complexity index is 600. The Hall–Kier alpha value is -1.77. The van der Waals surface area contributed by atoms with Crippen LogP contribution in [0, 0.1) is 5.41 Å². The largest absolute Gasteiger partial charge is 0.399 e. The Balaban J connectivity index is 1.84. The number of hydrogen-bond donors (Lipinski definition) is 2. The fourth-order valence-corrected chi connectivity index (χ4v) is 3.38. The van der Waals surface area contributed by atoms with Gasteiger partial charge in [-0.05, 0) is 48.9 Å². The molecule has 3 rings (SSSR count). The molecule has 1 saturated carbocycles. The summed E-state index contributed by atoms with van der Waals surface area (Å²) in [6.45, 7) is 3.38. The highest BCUT2D eigenvalue weighted by atomic mass is 14.9. The molecule has 1 aliphatic carbocycles. The minimum absolute atomic E-state index is 0.489. The number of nitrogens with zero attached hydrogens (tertiary/aromatic N) is 1. The van der Waals surface area contributed by atoms with Gasteiger partial charge < -0.3 is 11.1 Å². The van der Waals surface area contributed by atoms with E-state index in [1.54, 1.807) is 0 Å². The lowest BCUT2D eigenvalue weighted by Crippen LogP contribution is -2.25. The first-order chi connectivity index (χ1) is 9.72. The minimum atomic E-state index is 0.489. The molecule has 20 heavy (non-hydrogen) atoms. The summed E-state index contributed by atoms with van der Waals surface area (Å²) in [5.74, 6) is 0. The van der Waals surface area contributed by atoms with Crippen molar-refractivity contribution in [1.29, 1.82) is 0 Å². The molecule has 0 amide bonds. The molecule has 3 N–H and O–H groups in total. The molecule has 3 heteroatoms. The summed E-state index contributed by atoms with van der Waals surface area (Å²) in [7, 11) is 0. The lowest BCUT2D eigenvalue weighted by molar-refractivity contribution is 0.307. The van der Waals surface area contributed by atoms with E-state index in [1.165, 1.54) is 37.8 Å². The van der Waals surface area contributed by atoms with Gasteiger partial charge in [0.1, 0.15) is 0 Å². The van der Waals surface area contributed by atoms with Crippen LogP contribution in [0.15, 0.2) is 30.5 Å². The zero-order valence-electron chi connectivity index (χ0n) is 12.2. The van der Waals surface area contributed by atoms with Gasteiger partial charge in [0.25, 0.3) is 0 Å². The monoisotopic (exact) mass is 269 g/mol. The summed E-state index contributed by atoms with van der Waals surface area (Å²) in [4.78, 5) is 4.40. The van der Waals surface area contributed by atoms with Crippen LogP contribution < -0.4 is 11.1 Å². The third-order valence-corrected chi connectivity index (χ3v) is 4.83. The second-order valence-corrected chi connectivity index (χ2v) is 6.05. The fraction of sp³-hybridized carbons (Fsp3) is 0.471. The minimum Gasteiger partial charge on any atom is -0.399 e. The normalized spacial score (nSPS) is 17.4. The number of anilines is 2. The van der Waals surface area contributed by atoms with Gasteiger partial charge in [0.2, 0.25) is 0 Å². The number of rotatable bonds is 4. The SMILES string of the molecule is CCC1(CNc2ccnc3cc(N)ccc23)CCCC1. The molecule has 0 atom stereocenters. The lowest BCUT2D eigenvalue weighted by Gasteiger charge is -2.28. The summed E-state index contributed by atoms with van der Waals surface area (Å²) in [6.07, 6.45) is 8.58. The molecular formula is C17H23N3. The number of aromatic nitrogens is 1. The molecule has 0 aliphatic heterocycles. The predicted octanol–water partition coefficient (Wildman–Crippen LogP) is 4.20. The molecule has 2 aromatic rings. The zero-order valence-corrected chi connectivity index (χ0v) is 12.2. The molecule has 1 fully saturated rings. The summed E-state index contributed by atoms with van der Waals surface area (Å²) >= 11 is 0. The van der Waals surface area contributed by atoms with Crippen LogP contribution in [-0.2, 0) is 0 Å². The first kappa shape index (κ1) is 13.2. The van der Waals surface area contributed by atoms with Gasteiger partial charge in [-0.1, -0.05) is 19.8 Å². The van der Waals surface area contributed by atoms with Crippen molar-refractivity contribution in [2.24, 2.45) is 5.41 Å². The third-order valence-electron chi connectivity index (χ3n) is 4.83. The molecule has 0 saturated heterocycles. The molecule has 0 spiro atoms. The van der Waals surface area contributed by atoms with E-state index in [9.17, 15) is 0 Å². The smallest absolute Gasteiger partial charge is 0.0743 e. The van der Waals surface area contributed by atoms with Crippen molar-refractivity contribution in [3.05, 3.63) is 30.5 Å². The number of hydrogen-bond acceptors (Lipinski definition) is 3. The van der Waals surface area contributed by atoms with E-state index >= 15 is 0 Å². The number of fused-ring (bicyclic) bond motifs is 1. The number of nitrogen functional groups attached to an aromatic ring is 1. The number of benzene rings is 1. The maximum Gasteiger partial charge on any atom is 0.0743 e. The van der Waals surface area contributed by atoms with Crippen LogP contribution in [0.4, 0.5) is 11.4 Å². The van der Waals surface area contributed by atoms with Gasteiger partial charge >= 0.3 is 0 Å². The van der Waals surface area contributed by atoms with Crippen LogP contribution in [0.3, 0.4) is 0 Å². The van der Waals surface area contributed by atoms with Gasteiger partial charge in [0.15, 0.2) is 0 Å². The molecule has 106 valence electrons. The number of nitrogens with two attached hydrogens (primary N) is 1. The van der Waals surface area contributed by atoms with Gasteiger partial charge in [-0.3, -0.25) is 4.98 Å². The van der Waals surface area contributed by atoms with Crippen molar-refractivity contribution >= 4 is 22.3 Å². The Morgan fingerprint density at radius 1 is 1.25 bits per heavy atom. The quantitative estimate of drug-likeness (QED) is 0.818. The average molecular weight is 269 g/mol. The second kappa shape index (κ2) is 5.31. The Kier molecular flexibility index (Phi) is 3.51. The van der Waals surface area contributed by atoms with Gasteiger partial charge in [0.05, 0.1) is 5.52 Å². The first-order valence-electron chi connectivity index (χ1n) is 7.61. The highest BCUT2D eigenvalue weighted by molar-refractivity contribution is 5.92. The van der Waals surface area contributed by atoms with Crippen molar-refractivity contribution in [3.63, 3.8) is 0 Å². The first-order valence-corrected chi connectivity index (χ1v) is 7.61. The second-order valence-electron chi connectivity index (χ2n) is 6.05. The average Bonchev–Trinajstić information content (AvgIpc) is 2.94.